The highest BCUT2D eigenvalue weighted by atomic mass is 32.2. The van der Waals surface area contributed by atoms with Crippen LogP contribution in [-0.4, -0.2) is 29.4 Å². The van der Waals surface area contributed by atoms with Gasteiger partial charge in [-0.15, -0.1) is 6.58 Å². The summed E-state index contributed by atoms with van der Waals surface area (Å²) in [4.78, 5) is 19.2. The molecular formula is C19H21N3O3S. The highest BCUT2D eigenvalue weighted by Gasteiger charge is 2.19. The predicted molar refractivity (Wildman–Crippen MR) is 103 cm³/mol. The third-order valence-electron chi connectivity index (χ3n) is 3.55. The Morgan fingerprint density at radius 1 is 1.46 bits per heavy atom. The number of H-pyrrole nitrogens is 1. The van der Waals surface area contributed by atoms with Crippen LogP contribution < -0.4 is 15.0 Å². The third-order valence-corrected chi connectivity index (χ3v) is 4.13. The minimum Gasteiger partial charge on any atom is -0.493 e. The van der Waals surface area contributed by atoms with Gasteiger partial charge in [-0.1, -0.05) is 17.8 Å². The first kappa shape index (κ1) is 19.6. The number of ether oxygens (including phenoxy) is 2. The maximum atomic E-state index is 12.2. The van der Waals surface area contributed by atoms with Crippen molar-refractivity contribution in [2.24, 2.45) is 0 Å². The molecule has 26 heavy (non-hydrogen) atoms. The second-order valence-electron chi connectivity index (χ2n) is 5.74. The van der Waals surface area contributed by atoms with Gasteiger partial charge in [0.1, 0.15) is 11.6 Å². The van der Waals surface area contributed by atoms with E-state index in [1.165, 1.54) is 11.8 Å². The zero-order chi connectivity index (χ0) is 19.3. The molecule has 1 aromatic carbocycles. The summed E-state index contributed by atoms with van der Waals surface area (Å²) in [6, 6.07) is 5.53. The van der Waals surface area contributed by atoms with Crippen LogP contribution in [0, 0.1) is 11.3 Å². The molecule has 136 valence electrons. The molecule has 0 saturated heterocycles. The van der Waals surface area contributed by atoms with E-state index in [1.54, 1.807) is 25.5 Å². The van der Waals surface area contributed by atoms with Gasteiger partial charge in [-0.25, -0.2) is 4.98 Å². The van der Waals surface area contributed by atoms with E-state index >= 15 is 0 Å². The molecule has 0 amide bonds. The van der Waals surface area contributed by atoms with Crippen LogP contribution in [0.2, 0.25) is 0 Å². The summed E-state index contributed by atoms with van der Waals surface area (Å²) in [7, 11) is 1.55. The van der Waals surface area contributed by atoms with Crippen molar-refractivity contribution in [3.63, 3.8) is 0 Å². The minimum atomic E-state index is -0.464. The lowest BCUT2D eigenvalue weighted by Crippen LogP contribution is -2.15. The number of nitriles is 1. The number of thioether (sulfide) groups is 1. The van der Waals surface area contributed by atoms with E-state index in [2.05, 4.69) is 16.5 Å². The summed E-state index contributed by atoms with van der Waals surface area (Å²) in [5.74, 6) is 1.14. The molecule has 0 radical (unpaired) electrons. The molecule has 2 aromatic rings. The molecule has 1 N–H and O–H groups in total. The van der Waals surface area contributed by atoms with Crippen molar-refractivity contribution in [1.29, 1.82) is 5.26 Å². The molecule has 1 aromatic heterocycles. The Balaban J connectivity index is 2.77. The number of hydrogen-bond acceptors (Lipinski definition) is 6. The molecule has 0 fully saturated rings. The number of aromatic nitrogens is 2. The standard InChI is InChI=1S/C19H21N3O3S/c1-6-7-12-8-13(9-15(24-4)17(12)25-11(2)3)16-14(10-20)18(23)22-19(21-16)26-5/h6,8-9,11H,1,7H2,2-5H3,(H,21,22,23). The maximum absolute atomic E-state index is 12.2. The molecule has 6 nitrogen and oxygen atoms in total. The Bertz CT molecular complexity index is 913. The molecule has 0 bridgehead atoms. The molecule has 0 aliphatic carbocycles. The van der Waals surface area contributed by atoms with Crippen molar-refractivity contribution < 1.29 is 9.47 Å². The first-order chi connectivity index (χ1) is 12.4. The molecule has 0 aliphatic rings. The SMILES string of the molecule is C=CCc1cc(-c2nc(SC)[nH]c(=O)c2C#N)cc(OC)c1OC(C)C. The van der Waals surface area contributed by atoms with Gasteiger partial charge in [0, 0.05) is 11.1 Å². The Hall–Kier alpha value is -2.72. The summed E-state index contributed by atoms with van der Waals surface area (Å²) in [6.45, 7) is 7.65. The highest BCUT2D eigenvalue weighted by molar-refractivity contribution is 7.98. The van der Waals surface area contributed by atoms with Crippen molar-refractivity contribution in [2.45, 2.75) is 31.5 Å². The van der Waals surface area contributed by atoms with Gasteiger partial charge >= 0.3 is 0 Å². The maximum Gasteiger partial charge on any atom is 0.270 e. The lowest BCUT2D eigenvalue weighted by atomic mass is 10.0. The zero-order valence-electron chi connectivity index (χ0n) is 15.3. The van der Waals surface area contributed by atoms with Crippen LogP contribution in [0.25, 0.3) is 11.3 Å². The fourth-order valence-electron chi connectivity index (χ4n) is 2.49. The largest absolute Gasteiger partial charge is 0.493 e. The van der Waals surface area contributed by atoms with Gasteiger partial charge in [0.2, 0.25) is 0 Å². The molecule has 0 saturated carbocycles. The summed E-state index contributed by atoms with van der Waals surface area (Å²) in [5, 5.41) is 9.85. The van der Waals surface area contributed by atoms with Crippen LogP contribution in [0.4, 0.5) is 0 Å². The van der Waals surface area contributed by atoms with Gasteiger partial charge in [-0.3, -0.25) is 4.79 Å². The average Bonchev–Trinajstić information content (AvgIpc) is 2.61. The second-order valence-corrected chi connectivity index (χ2v) is 6.53. The van der Waals surface area contributed by atoms with E-state index in [1.807, 2.05) is 26.0 Å². The first-order valence-electron chi connectivity index (χ1n) is 8.02. The van der Waals surface area contributed by atoms with Crippen LogP contribution in [-0.2, 0) is 6.42 Å². The number of nitrogens with zero attached hydrogens (tertiary/aromatic N) is 2. The van der Waals surface area contributed by atoms with Crippen LogP contribution >= 0.6 is 11.8 Å². The summed E-state index contributed by atoms with van der Waals surface area (Å²) in [5.41, 5.74) is 1.29. The zero-order valence-corrected chi connectivity index (χ0v) is 16.1. The normalized spacial score (nSPS) is 10.5. The summed E-state index contributed by atoms with van der Waals surface area (Å²) in [6.07, 6.45) is 4.08. The van der Waals surface area contributed by atoms with Crippen molar-refractivity contribution in [3.05, 3.63) is 46.3 Å². The van der Waals surface area contributed by atoms with Gasteiger partial charge in [0.15, 0.2) is 16.7 Å². The average molecular weight is 371 g/mol. The molecule has 0 spiro atoms. The molecule has 0 atom stereocenters. The van der Waals surface area contributed by atoms with E-state index < -0.39 is 5.56 Å². The Morgan fingerprint density at radius 2 is 2.19 bits per heavy atom. The lowest BCUT2D eigenvalue weighted by molar-refractivity contribution is 0.228. The highest BCUT2D eigenvalue weighted by Crippen LogP contribution is 2.37. The van der Waals surface area contributed by atoms with Crippen LogP contribution in [0.1, 0.15) is 25.0 Å². The number of methoxy groups -OCH3 is 1. The van der Waals surface area contributed by atoms with Crippen LogP contribution in [0.5, 0.6) is 11.5 Å². The van der Waals surface area contributed by atoms with Crippen LogP contribution in [0.3, 0.4) is 0 Å². The molecule has 0 aliphatic heterocycles. The van der Waals surface area contributed by atoms with Gasteiger partial charge in [-0.2, -0.15) is 5.26 Å². The lowest BCUT2D eigenvalue weighted by Gasteiger charge is -2.18. The van der Waals surface area contributed by atoms with Crippen molar-refractivity contribution in [2.75, 3.05) is 13.4 Å². The van der Waals surface area contributed by atoms with Gasteiger partial charge in [0.25, 0.3) is 5.56 Å². The van der Waals surface area contributed by atoms with E-state index in [0.717, 1.165) is 5.56 Å². The third kappa shape index (κ3) is 4.09. The number of rotatable bonds is 7. The van der Waals surface area contributed by atoms with Gasteiger partial charge in [0.05, 0.1) is 18.9 Å². The summed E-state index contributed by atoms with van der Waals surface area (Å²) < 4.78 is 11.4. The second kappa shape index (κ2) is 8.59. The number of nitrogens with one attached hydrogen (secondary N) is 1. The molecule has 7 heteroatoms. The van der Waals surface area contributed by atoms with Gasteiger partial charge in [-0.05, 0) is 38.7 Å². The Kier molecular flexibility index (Phi) is 6.47. The molecule has 1 heterocycles. The van der Waals surface area contributed by atoms with Crippen LogP contribution in [0.15, 0.2) is 34.7 Å². The predicted octanol–water partition coefficient (Wildman–Crippen LogP) is 3.55. The number of hydrogen-bond donors (Lipinski definition) is 1. The van der Waals surface area contributed by atoms with Crippen molar-refractivity contribution >= 4 is 11.8 Å². The first-order valence-corrected chi connectivity index (χ1v) is 9.24. The topological polar surface area (TPSA) is 88.0 Å². The Morgan fingerprint density at radius 3 is 2.73 bits per heavy atom. The molecular weight excluding hydrogens is 350 g/mol. The summed E-state index contributed by atoms with van der Waals surface area (Å²) >= 11 is 1.30. The fraction of sp³-hybridized carbons (Fsp3) is 0.316. The quantitative estimate of drug-likeness (QED) is 0.455. The van der Waals surface area contributed by atoms with E-state index in [-0.39, 0.29) is 11.7 Å². The molecule has 2 rings (SSSR count). The fourth-order valence-corrected chi connectivity index (χ4v) is 2.86. The minimum absolute atomic E-state index is 0.0335. The van der Waals surface area contributed by atoms with Gasteiger partial charge < -0.3 is 14.5 Å². The number of allylic oxidation sites excluding steroid dienone is 1. The van der Waals surface area contributed by atoms with Crippen molar-refractivity contribution in [3.8, 4) is 28.8 Å². The smallest absolute Gasteiger partial charge is 0.270 e. The number of benzene rings is 1. The van der Waals surface area contributed by atoms with E-state index in [0.29, 0.717) is 34.3 Å². The molecule has 0 unspecified atom stereocenters. The Labute approximate surface area is 156 Å². The monoisotopic (exact) mass is 371 g/mol. The van der Waals surface area contributed by atoms with Crippen molar-refractivity contribution in [1.82, 2.24) is 9.97 Å². The van der Waals surface area contributed by atoms with E-state index in [9.17, 15) is 10.1 Å². The number of aromatic amines is 1. The van der Waals surface area contributed by atoms with E-state index in [4.69, 9.17) is 9.47 Å².